The Balaban J connectivity index is 1.94. The minimum absolute atomic E-state index is 0.595. The average Bonchev–Trinajstić information content (AvgIpc) is 2.69. The Bertz CT molecular complexity index is 362. The zero-order valence-electron chi connectivity index (χ0n) is 11.5. The summed E-state index contributed by atoms with van der Waals surface area (Å²) in [5.74, 6) is 0. The summed E-state index contributed by atoms with van der Waals surface area (Å²) in [4.78, 5) is 9.41. The van der Waals surface area contributed by atoms with Gasteiger partial charge in [0.25, 0.3) is 0 Å². The Kier molecular flexibility index (Phi) is 4.74. The second-order valence-electron chi connectivity index (χ2n) is 5.33. The van der Waals surface area contributed by atoms with E-state index in [9.17, 15) is 0 Å². The molecule has 102 valence electrons. The van der Waals surface area contributed by atoms with E-state index in [1.54, 1.807) is 0 Å². The standard InChI is InChI=1S/C13H25N5/c1-12-8-16(2)5-3-6-18(12)10-13-9-17(7-4-14)11-15-13/h9,11-12H,3-8,10,14H2,1-2H3. The summed E-state index contributed by atoms with van der Waals surface area (Å²) in [6, 6.07) is 0.595. The van der Waals surface area contributed by atoms with Crippen LogP contribution in [-0.4, -0.2) is 58.6 Å². The van der Waals surface area contributed by atoms with Gasteiger partial charge in [0.1, 0.15) is 0 Å². The highest BCUT2D eigenvalue weighted by molar-refractivity contribution is 4.97. The van der Waals surface area contributed by atoms with Crippen molar-refractivity contribution in [3.63, 3.8) is 0 Å². The quantitative estimate of drug-likeness (QED) is 0.840. The lowest BCUT2D eigenvalue weighted by Gasteiger charge is -2.26. The van der Waals surface area contributed by atoms with Crippen LogP contribution >= 0.6 is 0 Å². The third kappa shape index (κ3) is 3.54. The molecule has 1 aromatic heterocycles. The number of nitrogens with zero attached hydrogens (tertiary/aromatic N) is 4. The monoisotopic (exact) mass is 251 g/mol. The van der Waals surface area contributed by atoms with E-state index in [1.165, 1.54) is 13.0 Å². The first-order valence-electron chi connectivity index (χ1n) is 6.82. The lowest BCUT2D eigenvalue weighted by atomic mass is 10.2. The summed E-state index contributed by atoms with van der Waals surface area (Å²) in [5, 5.41) is 0. The van der Waals surface area contributed by atoms with Crippen molar-refractivity contribution in [2.75, 3.05) is 33.2 Å². The van der Waals surface area contributed by atoms with E-state index in [4.69, 9.17) is 5.73 Å². The first-order valence-corrected chi connectivity index (χ1v) is 6.82. The number of hydrogen-bond acceptors (Lipinski definition) is 4. The molecule has 1 aliphatic heterocycles. The third-order valence-corrected chi connectivity index (χ3v) is 3.62. The highest BCUT2D eigenvalue weighted by Crippen LogP contribution is 2.12. The molecule has 1 saturated heterocycles. The molecule has 1 fully saturated rings. The Morgan fingerprint density at radius 2 is 2.28 bits per heavy atom. The van der Waals surface area contributed by atoms with Crippen LogP contribution in [0.3, 0.4) is 0 Å². The van der Waals surface area contributed by atoms with Gasteiger partial charge in [-0.05, 0) is 26.9 Å². The molecule has 1 aromatic rings. The zero-order valence-corrected chi connectivity index (χ0v) is 11.5. The molecular formula is C13H25N5. The van der Waals surface area contributed by atoms with Crippen LogP contribution in [0, 0.1) is 0 Å². The highest BCUT2D eigenvalue weighted by atomic mass is 15.2. The van der Waals surface area contributed by atoms with E-state index in [1.807, 2.05) is 6.33 Å². The number of likely N-dealkylation sites (N-methyl/N-ethyl adjacent to an activating group) is 1. The molecule has 0 aromatic carbocycles. The van der Waals surface area contributed by atoms with Gasteiger partial charge in [0, 0.05) is 45.0 Å². The van der Waals surface area contributed by atoms with Gasteiger partial charge in [-0.1, -0.05) is 0 Å². The smallest absolute Gasteiger partial charge is 0.0950 e. The maximum Gasteiger partial charge on any atom is 0.0950 e. The molecule has 5 heteroatoms. The van der Waals surface area contributed by atoms with Gasteiger partial charge >= 0.3 is 0 Å². The van der Waals surface area contributed by atoms with Gasteiger partial charge in [0.2, 0.25) is 0 Å². The first-order chi connectivity index (χ1) is 8.69. The van der Waals surface area contributed by atoms with Crippen molar-refractivity contribution in [3.05, 3.63) is 18.2 Å². The van der Waals surface area contributed by atoms with E-state index in [0.29, 0.717) is 12.6 Å². The van der Waals surface area contributed by atoms with E-state index < -0.39 is 0 Å². The summed E-state index contributed by atoms with van der Waals surface area (Å²) in [5.41, 5.74) is 6.70. The summed E-state index contributed by atoms with van der Waals surface area (Å²) >= 11 is 0. The fraction of sp³-hybridized carbons (Fsp3) is 0.769. The molecule has 1 aliphatic rings. The van der Waals surface area contributed by atoms with Crippen molar-refractivity contribution in [1.29, 1.82) is 0 Å². The number of aromatic nitrogens is 2. The van der Waals surface area contributed by atoms with Crippen molar-refractivity contribution in [2.45, 2.75) is 32.5 Å². The van der Waals surface area contributed by atoms with E-state index in [0.717, 1.165) is 31.9 Å². The maximum atomic E-state index is 5.55. The summed E-state index contributed by atoms with van der Waals surface area (Å²) in [6.45, 7) is 8.28. The number of rotatable bonds is 4. The molecule has 0 aliphatic carbocycles. The fourth-order valence-corrected chi connectivity index (χ4v) is 2.62. The van der Waals surface area contributed by atoms with Crippen LogP contribution < -0.4 is 5.73 Å². The van der Waals surface area contributed by atoms with Crippen LogP contribution in [0.1, 0.15) is 19.0 Å². The lowest BCUT2D eigenvalue weighted by molar-refractivity contribution is 0.193. The minimum atomic E-state index is 0.595. The molecule has 0 bridgehead atoms. The molecule has 1 unspecified atom stereocenters. The molecule has 5 nitrogen and oxygen atoms in total. The number of nitrogens with two attached hydrogens (primary N) is 1. The predicted octanol–water partition coefficient (Wildman–Crippen LogP) is 0.368. The summed E-state index contributed by atoms with van der Waals surface area (Å²) in [7, 11) is 2.20. The molecule has 2 rings (SSSR count). The first kappa shape index (κ1) is 13.5. The largest absolute Gasteiger partial charge is 0.336 e. The van der Waals surface area contributed by atoms with Crippen LogP contribution in [0.2, 0.25) is 0 Å². The average molecular weight is 251 g/mol. The van der Waals surface area contributed by atoms with Gasteiger partial charge in [0.05, 0.1) is 12.0 Å². The van der Waals surface area contributed by atoms with Gasteiger partial charge in [0.15, 0.2) is 0 Å². The zero-order chi connectivity index (χ0) is 13.0. The van der Waals surface area contributed by atoms with E-state index in [2.05, 4.69) is 39.5 Å². The van der Waals surface area contributed by atoms with Crippen molar-refractivity contribution >= 4 is 0 Å². The van der Waals surface area contributed by atoms with Crippen LogP contribution in [-0.2, 0) is 13.1 Å². The van der Waals surface area contributed by atoms with Gasteiger partial charge in [-0.3, -0.25) is 4.90 Å². The van der Waals surface area contributed by atoms with Crippen molar-refractivity contribution in [3.8, 4) is 0 Å². The van der Waals surface area contributed by atoms with Crippen molar-refractivity contribution < 1.29 is 0 Å². The van der Waals surface area contributed by atoms with E-state index >= 15 is 0 Å². The van der Waals surface area contributed by atoms with Crippen LogP contribution in [0.5, 0.6) is 0 Å². The Hall–Kier alpha value is -0.910. The molecule has 0 saturated carbocycles. The summed E-state index contributed by atoms with van der Waals surface area (Å²) in [6.07, 6.45) is 5.25. The van der Waals surface area contributed by atoms with Gasteiger partial charge in [-0.15, -0.1) is 0 Å². The highest BCUT2D eigenvalue weighted by Gasteiger charge is 2.20. The van der Waals surface area contributed by atoms with Crippen LogP contribution in [0.25, 0.3) is 0 Å². The predicted molar refractivity (Wildman–Crippen MR) is 73.3 cm³/mol. The van der Waals surface area contributed by atoms with Crippen molar-refractivity contribution in [1.82, 2.24) is 19.4 Å². The van der Waals surface area contributed by atoms with Crippen LogP contribution in [0.4, 0.5) is 0 Å². The minimum Gasteiger partial charge on any atom is -0.336 e. The molecule has 2 N–H and O–H groups in total. The van der Waals surface area contributed by atoms with Gasteiger partial charge in [-0.25, -0.2) is 4.98 Å². The molecule has 1 atom stereocenters. The van der Waals surface area contributed by atoms with E-state index in [-0.39, 0.29) is 0 Å². The third-order valence-electron chi connectivity index (χ3n) is 3.62. The molecule has 0 amide bonds. The molecule has 2 heterocycles. The molecular weight excluding hydrogens is 226 g/mol. The molecule has 0 spiro atoms. The SMILES string of the molecule is CC1CN(C)CCCN1Cc1cn(CCN)cn1. The number of hydrogen-bond donors (Lipinski definition) is 1. The van der Waals surface area contributed by atoms with Crippen molar-refractivity contribution in [2.24, 2.45) is 5.73 Å². The summed E-state index contributed by atoms with van der Waals surface area (Å²) < 4.78 is 2.07. The van der Waals surface area contributed by atoms with Gasteiger partial charge in [-0.2, -0.15) is 0 Å². The number of imidazole rings is 1. The van der Waals surface area contributed by atoms with Crippen LogP contribution in [0.15, 0.2) is 12.5 Å². The second-order valence-corrected chi connectivity index (χ2v) is 5.33. The fourth-order valence-electron chi connectivity index (χ4n) is 2.62. The second kappa shape index (κ2) is 6.31. The maximum absolute atomic E-state index is 5.55. The Labute approximate surface area is 110 Å². The van der Waals surface area contributed by atoms with Gasteiger partial charge < -0.3 is 15.2 Å². The lowest BCUT2D eigenvalue weighted by Crippen LogP contribution is -2.37. The molecule has 0 radical (unpaired) electrons. The Morgan fingerprint density at radius 3 is 3.06 bits per heavy atom. The topological polar surface area (TPSA) is 50.3 Å². The molecule has 18 heavy (non-hydrogen) atoms. The Morgan fingerprint density at radius 1 is 1.44 bits per heavy atom. The normalized spacial score (nSPS) is 23.2.